The highest BCUT2D eigenvalue weighted by atomic mass is 35.5. The molecule has 1 aliphatic rings. The number of amides is 1. The van der Waals surface area contributed by atoms with Crippen LogP contribution >= 0.6 is 12.4 Å². The largest absolute Gasteiger partial charge is 0.488 e. The number of aryl methyl sites for hydroxylation is 2. The lowest BCUT2D eigenvalue weighted by Gasteiger charge is -2.24. The number of carbonyl (C=O) groups is 1. The van der Waals surface area contributed by atoms with Crippen molar-refractivity contribution in [1.82, 2.24) is 15.8 Å². The van der Waals surface area contributed by atoms with Crippen molar-refractivity contribution >= 4 is 18.3 Å². The van der Waals surface area contributed by atoms with Crippen molar-refractivity contribution in [2.24, 2.45) is 0 Å². The smallest absolute Gasteiger partial charge is 0.255 e. The molecule has 1 aliphatic heterocycles. The average molecular weight is 366 g/mol. The monoisotopic (exact) mass is 365 g/mol. The van der Waals surface area contributed by atoms with Crippen LogP contribution in [0.4, 0.5) is 0 Å². The Bertz CT molecular complexity index is 692. The summed E-state index contributed by atoms with van der Waals surface area (Å²) in [6.07, 6.45) is 2.08. The summed E-state index contributed by atoms with van der Waals surface area (Å²) in [5, 5.41) is 10.3. The van der Waals surface area contributed by atoms with Gasteiger partial charge in [0.15, 0.2) is 0 Å². The average Bonchev–Trinajstić information content (AvgIpc) is 2.92. The Morgan fingerprint density at radius 3 is 2.88 bits per heavy atom. The molecule has 0 spiro atoms. The molecular weight excluding hydrogens is 342 g/mol. The second kappa shape index (κ2) is 8.87. The van der Waals surface area contributed by atoms with Crippen LogP contribution < -0.4 is 15.4 Å². The first-order chi connectivity index (χ1) is 11.6. The molecule has 1 atom stereocenters. The van der Waals surface area contributed by atoms with E-state index in [1.54, 1.807) is 6.07 Å². The molecule has 1 saturated heterocycles. The van der Waals surface area contributed by atoms with Gasteiger partial charge in [0.2, 0.25) is 0 Å². The quantitative estimate of drug-likeness (QED) is 0.852. The highest BCUT2D eigenvalue weighted by molar-refractivity contribution is 5.97. The number of aromatic nitrogens is 1. The van der Waals surface area contributed by atoms with Gasteiger partial charge >= 0.3 is 0 Å². The van der Waals surface area contributed by atoms with E-state index in [0.29, 0.717) is 17.9 Å². The van der Waals surface area contributed by atoms with Crippen molar-refractivity contribution in [3.8, 4) is 5.75 Å². The van der Waals surface area contributed by atoms with Crippen LogP contribution in [0.15, 0.2) is 28.8 Å². The number of halogens is 1. The SMILES string of the molecule is Cc1noc(C)c1COc1ccccc1C(=O)NC1CCCNC1.Cl. The predicted molar refractivity (Wildman–Crippen MR) is 97.4 cm³/mol. The zero-order valence-electron chi connectivity index (χ0n) is 14.5. The first-order valence-corrected chi connectivity index (χ1v) is 8.30. The molecule has 2 aromatic rings. The highest BCUT2D eigenvalue weighted by Crippen LogP contribution is 2.21. The molecule has 1 amide bonds. The lowest BCUT2D eigenvalue weighted by atomic mass is 10.1. The summed E-state index contributed by atoms with van der Waals surface area (Å²) in [5.74, 6) is 1.21. The van der Waals surface area contributed by atoms with Gasteiger partial charge in [0.05, 0.1) is 16.8 Å². The van der Waals surface area contributed by atoms with Crippen LogP contribution in [0.5, 0.6) is 5.75 Å². The zero-order chi connectivity index (χ0) is 16.9. The number of rotatable bonds is 5. The maximum absolute atomic E-state index is 12.6. The van der Waals surface area contributed by atoms with E-state index in [0.717, 1.165) is 42.9 Å². The summed E-state index contributed by atoms with van der Waals surface area (Å²) in [5.41, 5.74) is 2.28. The van der Waals surface area contributed by atoms with Crippen molar-refractivity contribution in [2.75, 3.05) is 13.1 Å². The van der Waals surface area contributed by atoms with Crippen LogP contribution in [0.25, 0.3) is 0 Å². The third kappa shape index (κ3) is 4.74. The summed E-state index contributed by atoms with van der Waals surface area (Å²) >= 11 is 0. The fraction of sp³-hybridized carbons (Fsp3) is 0.444. The molecule has 0 saturated carbocycles. The van der Waals surface area contributed by atoms with E-state index >= 15 is 0 Å². The number of ether oxygens (including phenoxy) is 1. The number of piperidine rings is 1. The first-order valence-electron chi connectivity index (χ1n) is 8.30. The second-order valence-electron chi connectivity index (χ2n) is 6.10. The van der Waals surface area contributed by atoms with Crippen molar-refractivity contribution in [2.45, 2.75) is 39.3 Å². The molecule has 1 aromatic heterocycles. The molecule has 2 heterocycles. The number of hydrogen-bond acceptors (Lipinski definition) is 5. The molecule has 25 heavy (non-hydrogen) atoms. The van der Waals surface area contributed by atoms with Gasteiger partial charge in [0.1, 0.15) is 18.1 Å². The molecule has 136 valence electrons. The van der Waals surface area contributed by atoms with Crippen LogP contribution in [-0.2, 0) is 6.61 Å². The second-order valence-corrected chi connectivity index (χ2v) is 6.10. The maximum atomic E-state index is 12.6. The summed E-state index contributed by atoms with van der Waals surface area (Å²) in [6.45, 7) is 5.89. The van der Waals surface area contributed by atoms with Gasteiger partial charge in [-0.25, -0.2) is 0 Å². The zero-order valence-corrected chi connectivity index (χ0v) is 15.3. The minimum Gasteiger partial charge on any atom is -0.488 e. The van der Waals surface area contributed by atoms with Crippen LogP contribution in [0, 0.1) is 13.8 Å². The van der Waals surface area contributed by atoms with Crippen LogP contribution in [0.1, 0.15) is 40.2 Å². The lowest BCUT2D eigenvalue weighted by molar-refractivity contribution is 0.0926. The molecule has 2 N–H and O–H groups in total. The molecule has 0 radical (unpaired) electrons. The van der Waals surface area contributed by atoms with Crippen molar-refractivity contribution in [3.63, 3.8) is 0 Å². The summed E-state index contributed by atoms with van der Waals surface area (Å²) in [7, 11) is 0. The first kappa shape index (κ1) is 19.3. The summed E-state index contributed by atoms with van der Waals surface area (Å²) < 4.78 is 11.0. The Kier molecular flexibility index (Phi) is 6.84. The number of nitrogens with one attached hydrogen (secondary N) is 2. The minimum absolute atomic E-state index is 0. The Morgan fingerprint density at radius 2 is 2.20 bits per heavy atom. The van der Waals surface area contributed by atoms with Gasteiger partial charge in [-0.3, -0.25) is 4.79 Å². The highest BCUT2D eigenvalue weighted by Gasteiger charge is 2.19. The molecule has 3 rings (SSSR count). The number of carbonyl (C=O) groups excluding carboxylic acids is 1. The van der Waals surface area contributed by atoms with Gasteiger partial charge in [-0.05, 0) is 45.4 Å². The van der Waals surface area contributed by atoms with E-state index in [-0.39, 0.29) is 24.4 Å². The minimum atomic E-state index is -0.0990. The van der Waals surface area contributed by atoms with Gasteiger partial charge in [0.25, 0.3) is 5.91 Å². The normalized spacial score (nSPS) is 16.8. The number of para-hydroxylation sites is 1. The van der Waals surface area contributed by atoms with E-state index in [4.69, 9.17) is 9.26 Å². The van der Waals surface area contributed by atoms with Gasteiger partial charge in [-0.1, -0.05) is 17.3 Å². The lowest BCUT2D eigenvalue weighted by Crippen LogP contribution is -2.45. The summed E-state index contributed by atoms with van der Waals surface area (Å²) in [6, 6.07) is 7.47. The number of hydrogen-bond donors (Lipinski definition) is 2. The Balaban J connectivity index is 0.00000225. The molecule has 0 aliphatic carbocycles. The van der Waals surface area contributed by atoms with Crippen LogP contribution in [0.3, 0.4) is 0 Å². The molecule has 1 fully saturated rings. The van der Waals surface area contributed by atoms with E-state index in [1.807, 2.05) is 32.0 Å². The fourth-order valence-corrected chi connectivity index (χ4v) is 2.88. The van der Waals surface area contributed by atoms with Gasteiger partial charge in [0, 0.05) is 12.6 Å². The van der Waals surface area contributed by atoms with Crippen molar-refractivity contribution < 1.29 is 14.1 Å². The van der Waals surface area contributed by atoms with Gasteiger partial charge in [-0.2, -0.15) is 0 Å². The number of nitrogens with zero attached hydrogens (tertiary/aromatic N) is 1. The van der Waals surface area contributed by atoms with E-state index in [1.165, 1.54) is 0 Å². The Labute approximate surface area is 153 Å². The number of benzene rings is 1. The Hall–Kier alpha value is -2.05. The van der Waals surface area contributed by atoms with Crippen LogP contribution in [0.2, 0.25) is 0 Å². The molecule has 6 nitrogen and oxygen atoms in total. The fourth-order valence-electron chi connectivity index (χ4n) is 2.88. The summed E-state index contributed by atoms with van der Waals surface area (Å²) in [4.78, 5) is 12.6. The van der Waals surface area contributed by atoms with E-state index < -0.39 is 0 Å². The standard InChI is InChI=1S/C18H23N3O3.ClH/c1-12-16(13(2)24-21-12)11-23-17-8-4-3-7-15(17)18(22)20-14-6-5-9-19-10-14;/h3-4,7-8,14,19H,5-6,9-11H2,1-2H3,(H,20,22);1H. The van der Waals surface area contributed by atoms with Crippen molar-refractivity contribution in [1.29, 1.82) is 0 Å². The Morgan fingerprint density at radius 1 is 1.40 bits per heavy atom. The third-order valence-electron chi connectivity index (χ3n) is 4.32. The molecule has 1 unspecified atom stereocenters. The molecule has 0 bridgehead atoms. The molecular formula is C18H24ClN3O3. The molecule has 1 aromatic carbocycles. The van der Waals surface area contributed by atoms with Gasteiger partial charge < -0.3 is 19.9 Å². The van der Waals surface area contributed by atoms with E-state index in [2.05, 4.69) is 15.8 Å². The topological polar surface area (TPSA) is 76.4 Å². The van der Waals surface area contributed by atoms with Gasteiger partial charge in [-0.15, -0.1) is 12.4 Å². The maximum Gasteiger partial charge on any atom is 0.255 e. The third-order valence-corrected chi connectivity index (χ3v) is 4.32. The van der Waals surface area contributed by atoms with Crippen LogP contribution in [-0.4, -0.2) is 30.2 Å². The van der Waals surface area contributed by atoms with Crippen molar-refractivity contribution in [3.05, 3.63) is 46.8 Å². The van der Waals surface area contributed by atoms with E-state index in [9.17, 15) is 4.79 Å². The predicted octanol–water partition coefficient (Wildman–Crippen LogP) is 2.77. The molecule has 7 heteroatoms.